The second-order valence-corrected chi connectivity index (χ2v) is 7.30. The fourth-order valence-corrected chi connectivity index (χ4v) is 2.52. The second-order valence-electron chi connectivity index (χ2n) is 6.86. The predicted molar refractivity (Wildman–Crippen MR) is 100 cm³/mol. The smallest absolute Gasteiger partial charge is 0.258 e. The summed E-state index contributed by atoms with van der Waals surface area (Å²) in [4.78, 5) is 12.3. The third kappa shape index (κ3) is 4.09. The van der Waals surface area contributed by atoms with Gasteiger partial charge in [0.25, 0.3) is 5.91 Å². The van der Waals surface area contributed by atoms with Crippen LogP contribution in [0.4, 0.5) is 5.88 Å². The Balaban J connectivity index is 1.72. The highest BCUT2D eigenvalue weighted by molar-refractivity contribution is 6.30. The Labute approximate surface area is 151 Å². The summed E-state index contributed by atoms with van der Waals surface area (Å²) in [5.74, 6) is 0.0640. The zero-order valence-electron chi connectivity index (χ0n) is 14.3. The Kier molecular flexibility index (Phi) is 4.64. The standard InChI is InChI=1S/C20H19ClN2O2/c1-20(2,3)15-8-4-14(5-9-15)19(24)22-18-12-17(23-25-18)13-6-10-16(21)11-7-13/h4-12H,1-3H3,(H,22,24). The lowest BCUT2D eigenvalue weighted by Crippen LogP contribution is -2.14. The number of halogens is 1. The highest BCUT2D eigenvalue weighted by Crippen LogP contribution is 2.25. The Morgan fingerprint density at radius 1 is 1.04 bits per heavy atom. The fraction of sp³-hybridized carbons (Fsp3) is 0.200. The monoisotopic (exact) mass is 354 g/mol. The van der Waals surface area contributed by atoms with Crippen LogP contribution in [-0.4, -0.2) is 11.1 Å². The zero-order chi connectivity index (χ0) is 18.0. The number of carbonyl (C=O) groups is 1. The first-order valence-electron chi connectivity index (χ1n) is 7.97. The van der Waals surface area contributed by atoms with Crippen LogP contribution in [0.5, 0.6) is 0 Å². The van der Waals surface area contributed by atoms with E-state index in [2.05, 4.69) is 31.2 Å². The van der Waals surface area contributed by atoms with E-state index in [0.29, 0.717) is 22.2 Å². The summed E-state index contributed by atoms with van der Waals surface area (Å²) in [7, 11) is 0. The van der Waals surface area contributed by atoms with Crippen LogP contribution in [0.2, 0.25) is 5.02 Å². The van der Waals surface area contributed by atoms with E-state index >= 15 is 0 Å². The van der Waals surface area contributed by atoms with Crippen molar-refractivity contribution < 1.29 is 9.32 Å². The number of nitrogens with one attached hydrogen (secondary N) is 1. The number of aromatic nitrogens is 1. The molecule has 0 radical (unpaired) electrons. The van der Waals surface area contributed by atoms with E-state index in [1.807, 2.05) is 36.4 Å². The summed E-state index contributed by atoms with van der Waals surface area (Å²) >= 11 is 5.88. The summed E-state index contributed by atoms with van der Waals surface area (Å²) in [5.41, 5.74) is 3.29. The van der Waals surface area contributed by atoms with Gasteiger partial charge in [0.05, 0.1) is 0 Å². The molecule has 1 amide bonds. The first-order chi connectivity index (χ1) is 11.8. The van der Waals surface area contributed by atoms with Crippen molar-refractivity contribution in [2.75, 3.05) is 5.32 Å². The first-order valence-corrected chi connectivity index (χ1v) is 8.35. The normalized spacial score (nSPS) is 11.4. The quantitative estimate of drug-likeness (QED) is 0.671. The molecule has 0 aliphatic rings. The number of carbonyl (C=O) groups excluding carboxylic acids is 1. The van der Waals surface area contributed by atoms with Gasteiger partial charge in [-0.25, -0.2) is 0 Å². The molecule has 128 valence electrons. The van der Waals surface area contributed by atoms with Crippen LogP contribution in [0.1, 0.15) is 36.7 Å². The molecule has 0 spiro atoms. The highest BCUT2D eigenvalue weighted by atomic mass is 35.5. The van der Waals surface area contributed by atoms with Crippen LogP contribution in [0.25, 0.3) is 11.3 Å². The molecule has 5 heteroatoms. The van der Waals surface area contributed by atoms with Crippen molar-refractivity contribution in [1.82, 2.24) is 5.16 Å². The van der Waals surface area contributed by atoms with Crippen molar-refractivity contribution in [3.63, 3.8) is 0 Å². The molecule has 0 fully saturated rings. The second kappa shape index (κ2) is 6.73. The number of anilines is 1. The Bertz CT molecular complexity index is 875. The average Bonchev–Trinajstić information content (AvgIpc) is 3.03. The van der Waals surface area contributed by atoms with Crippen molar-refractivity contribution in [1.29, 1.82) is 0 Å². The van der Waals surface area contributed by atoms with Crippen LogP contribution in [0.15, 0.2) is 59.1 Å². The lowest BCUT2D eigenvalue weighted by molar-refractivity contribution is 0.102. The predicted octanol–water partition coefficient (Wildman–Crippen LogP) is 5.54. The molecule has 3 aromatic rings. The minimum absolute atomic E-state index is 0.0490. The van der Waals surface area contributed by atoms with Gasteiger partial charge in [-0.05, 0) is 35.2 Å². The molecular weight excluding hydrogens is 336 g/mol. The lowest BCUT2D eigenvalue weighted by Gasteiger charge is -2.18. The van der Waals surface area contributed by atoms with Gasteiger partial charge in [-0.2, -0.15) is 0 Å². The summed E-state index contributed by atoms with van der Waals surface area (Å²) < 4.78 is 5.20. The van der Waals surface area contributed by atoms with E-state index < -0.39 is 0 Å². The van der Waals surface area contributed by atoms with Crippen LogP contribution >= 0.6 is 11.6 Å². The third-order valence-electron chi connectivity index (χ3n) is 3.90. The SMILES string of the molecule is CC(C)(C)c1ccc(C(=O)Nc2cc(-c3ccc(Cl)cc3)no2)cc1. The van der Waals surface area contributed by atoms with Crippen molar-refractivity contribution >= 4 is 23.4 Å². The minimum atomic E-state index is -0.237. The molecule has 2 aromatic carbocycles. The van der Waals surface area contributed by atoms with E-state index in [0.717, 1.165) is 5.56 Å². The number of amides is 1. The van der Waals surface area contributed by atoms with Gasteiger partial charge in [0.2, 0.25) is 5.88 Å². The summed E-state index contributed by atoms with van der Waals surface area (Å²) in [6.07, 6.45) is 0. The van der Waals surface area contributed by atoms with Gasteiger partial charge < -0.3 is 4.52 Å². The molecule has 4 nitrogen and oxygen atoms in total. The number of hydrogen-bond acceptors (Lipinski definition) is 3. The molecular formula is C20H19ClN2O2. The van der Waals surface area contributed by atoms with Gasteiger partial charge in [-0.1, -0.05) is 61.8 Å². The summed E-state index contributed by atoms with van der Waals surface area (Å²) in [6, 6.07) is 16.5. The van der Waals surface area contributed by atoms with Gasteiger partial charge in [0.15, 0.2) is 0 Å². The van der Waals surface area contributed by atoms with Gasteiger partial charge in [-0.3, -0.25) is 10.1 Å². The Morgan fingerprint density at radius 2 is 1.68 bits per heavy atom. The molecule has 0 aliphatic carbocycles. The highest BCUT2D eigenvalue weighted by Gasteiger charge is 2.15. The van der Waals surface area contributed by atoms with E-state index in [1.54, 1.807) is 18.2 Å². The van der Waals surface area contributed by atoms with Crippen molar-refractivity contribution in [2.45, 2.75) is 26.2 Å². The minimum Gasteiger partial charge on any atom is -0.338 e. The largest absolute Gasteiger partial charge is 0.338 e. The molecule has 0 saturated heterocycles. The molecule has 0 saturated carbocycles. The van der Waals surface area contributed by atoms with E-state index in [1.165, 1.54) is 5.56 Å². The molecule has 1 N–H and O–H groups in total. The van der Waals surface area contributed by atoms with Gasteiger partial charge >= 0.3 is 0 Å². The topological polar surface area (TPSA) is 55.1 Å². The molecule has 0 atom stereocenters. The molecule has 0 bridgehead atoms. The number of hydrogen-bond donors (Lipinski definition) is 1. The maximum absolute atomic E-state index is 12.3. The maximum atomic E-state index is 12.3. The summed E-state index contributed by atoms with van der Waals surface area (Å²) in [5, 5.41) is 7.35. The van der Waals surface area contributed by atoms with Gasteiger partial charge in [-0.15, -0.1) is 0 Å². The molecule has 1 aromatic heterocycles. The van der Waals surface area contributed by atoms with Crippen molar-refractivity contribution in [2.24, 2.45) is 0 Å². The summed E-state index contributed by atoms with van der Waals surface area (Å²) in [6.45, 7) is 6.40. The molecule has 25 heavy (non-hydrogen) atoms. The van der Waals surface area contributed by atoms with Gasteiger partial charge in [0, 0.05) is 22.2 Å². The van der Waals surface area contributed by atoms with E-state index in [4.69, 9.17) is 16.1 Å². The number of benzene rings is 2. The fourth-order valence-electron chi connectivity index (χ4n) is 2.40. The Morgan fingerprint density at radius 3 is 2.28 bits per heavy atom. The molecule has 0 unspecified atom stereocenters. The molecule has 0 aliphatic heterocycles. The van der Waals surface area contributed by atoms with Crippen LogP contribution in [-0.2, 0) is 5.41 Å². The molecule has 3 rings (SSSR count). The third-order valence-corrected chi connectivity index (χ3v) is 4.15. The van der Waals surface area contributed by atoms with E-state index in [9.17, 15) is 4.79 Å². The van der Waals surface area contributed by atoms with Crippen LogP contribution < -0.4 is 5.32 Å². The van der Waals surface area contributed by atoms with Crippen LogP contribution in [0, 0.1) is 0 Å². The Hall–Kier alpha value is -2.59. The van der Waals surface area contributed by atoms with Crippen molar-refractivity contribution in [3.05, 3.63) is 70.7 Å². The molecule has 1 heterocycles. The zero-order valence-corrected chi connectivity index (χ0v) is 15.1. The first kappa shape index (κ1) is 17.2. The van der Waals surface area contributed by atoms with E-state index in [-0.39, 0.29) is 11.3 Å². The van der Waals surface area contributed by atoms with Crippen LogP contribution in [0.3, 0.4) is 0 Å². The van der Waals surface area contributed by atoms with Gasteiger partial charge in [0.1, 0.15) is 5.69 Å². The number of rotatable bonds is 3. The lowest BCUT2D eigenvalue weighted by atomic mass is 9.87. The average molecular weight is 355 g/mol. The number of nitrogens with zero attached hydrogens (tertiary/aromatic N) is 1. The van der Waals surface area contributed by atoms with Crippen molar-refractivity contribution in [3.8, 4) is 11.3 Å². The maximum Gasteiger partial charge on any atom is 0.258 e.